The van der Waals surface area contributed by atoms with Crippen molar-refractivity contribution in [2.24, 2.45) is 4.99 Å². The molecule has 1 aliphatic rings. The van der Waals surface area contributed by atoms with Crippen LogP contribution in [0.15, 0.2) is 4.99 Å². The number of nitrogens with zero attached hydrogens (tertiary/aromatic N) is 3. The van der Waals surface area contributed by atoms with Gasteiger partial charge < -0.3 is 20.3 Å². The van der Waals surface area contributed by atoms with Crippen LogP contribution in [0, 0.1) is 13.8 Å². The van der Waals surface area contributed by atoms with Crippen molar-refractivity contribution >= 4 is 17.3 Å². The van der Waals surface area contributed by atoms with Crippen molar-refractivity contribution in [1.29, 1.82) is 0 Å². The zero-order valence-electron chi connectivity index (χ0n) is 15.6. The molecule has 0 amide bonds. The van der Waals surface area contributed by atoms with Crippen molar-refractivity contribution in [2.75, 3.05) is 40.4 Å². The largest absolute Gasteiger partial charge is 0.381 e. The summed E-state index contributed by atoms with van der Waals surface area (Å²) in [6, 6.07) is 0. The molecule has 1 aliphatic heterocycles. The summed E-state index contributed by atoms with van der Waals surface area (Å²) in [6.07, 6.45) is 2.08. The molecule has 1 aromatic heterocycles. The summed E-state index contributed by atoms with van der Waals surface area (Å²) in [7, 11) is 4.30. The van der Waals surface area contributed by atoms with Gasteiger partial charge in [-0.05, 0) is 47.7 Å². The third-order valence-electron chi connectivity index (χ3n) is 4.75. The monoisotopic (exact) mass is 353 g/mol. The maximum Gasteiger partial charge on any atom is 0.191 e. The minimum Gasteiger partial charge on any atom is -0.381 e. The van der Waals surface area contributed by atoms with Crippen molar-refractivity contribution < 1.29 is 4.74 Å². The molecule has 24 heavy (non-hydrogen) atoms. The van der Waals surface area contributed by atoms with Gasteiger partial charge in [0.05, 0.1) is 12.2 Å². The van der Waals surface area contributed by atoms with Gasteiger partial charge >= 0.3 is 0 Å². The molecule has 0 saturated carbocycles. The number of hydrogen-bond donors (Lipinski definition) is 2. The van der Waals surface area contributed by atoms with Crippen molar-refractivity contribution in [3.05, 3.63) is 15.6 Å². The first-order valence-electron chi connectivity index (χ1n) is 8.67. The number of hydrogen-bond acceptors (Lipinski definition) is 5. The molecule has 0 atom stereocenters. The lowest BCUT2D eigenvalue weighted by Crippen LogP contribution is -2.57. The first-order chi connectivity index (χ1) is 11.5. The van der Waals surface area contributed by atoms with Gasteiger partial charge in [-0.3, -0.25) is 0 Å². The number of aryl methyl sites for hydroxylation is 2. The smallest absolute Gasteiger partial charge is 0.191 e. The maximum atomic E-state index is 5.54. The topological polar surface area (TPSA) is 61.8 Å². The fourth-order valence-electron chi connectivity index (χ4n) is 2.88. The predicted molar refractivity (Wildman–Crippen MR) is 101 cm³/mol. The van der Waals surface area contributed by atoms with Crippen LogP contribution in [0.2, 0.25) is 0 Å². The summed E-state index contributed by atoms with van der Waals surface area (Å²) in [5.41, 5.74) is 1.24. The average molecular weight is 354 g/mol. The number of rotatable bonds is 6. The van der Waals surface area contributed by atoms with Crippen LogP contribution in [-0.2, 0) is 11.3 Å². The molecule has 0 bridgehead atoms. The van der Waals surface area contributed by atoms with Gasteiger partial charge in [-0.1, -0.05) is 0 Å². The normalized spacial score (nSPS) is 18.0. The molecule has 0 aromatic carbocycles. The van der Waals surface area contributed by atoms with E-state index in [1.54, 1.807) is 11.3 Å². The van der Waals surface area contributed by atoms with E-state index in [4.69, 9.17) is 9.73 Å². The summed E-state index contributed by atoms with van der Waals surface area (Å²) >= 11 is 1.73. The molecule has 0 aliphatic carbocycles. The average Bonchev–Trinajstić information content (AvgIpc) is 2.89. The van der Waals surface area contributed by atoms with Gasteiger partial charge in [0.15, 0.2) is 5.96 Å². The van der Waals surface area contributed by atoms with E-state index in [9.17, 15) is 0 Å². The fraction of sp³-hybridized carbons (Fsp3) is 0.765. The Morgan fingerprint density at radius 3 is 2.54 bits per heavy atom. The lowest BCUT2D eigenvalue weighted by molar-refractivity contribution is -0.00501. The van der Waals surface area contributed by atoms with Gasteiger partial charge in [-0.2, -0.15) is 0 Å². The summed E-state index contributed by atoms with van der Waals surface area (Å²) in [5, 5.41) is 7.92. The van der Waals surface area contributed by atoms with Crippen LogP contribution in [0.1, 0.15) is 35.3 Å². The number of thiazole rings is 1. The van der Waals surface area contributed by atoms with E-state index in [1.807, 2.05) is 0 Å². The Labute approximate surface area is 149 Å². The van der Waals surface area contributed by atoms with Crippen LogP contribution in [0.3, 0.4) is 0 Å². The molecule has 0 unspecified atom stereocenters. The van der Waals surface area contributed by atoms with E-state index in [1.165, 1.54) is 4.88 Å². The molecule has 2 heterocycles. The van der Waals surface area contributed by atoms with E-state index in [0.717, 1.165) is 55.8 Å². The quantitative estimate of drug-likeness (QED) is 0.604. The van der Waals surface area contributed by atoms with E-state index in [0.29, 0.717) is 6.54 Å². The van der Waals surface area contributed by atoms with Crippen molar-refractivity contribution in [2.45, 2.75) is 45.7 Å². The third-order valence-corrected chi connectivity index (χ3v) is 5.80. The molecule has 2 N–H and O–H groups in total. The molecule has 0 radical (unpaired) electrons. The second kappa shape index (κ2) is 8.78. The molecule has 1 aromatic rings. The molecular formula is C17H31N5OS. The summed E-state index contributed by atoms with van der Waals surface area (Å²) in [5.74, 6) is 0.857. The minimum atomic E-state index is 0.128. The lowest BCUT2D eigenvalue weighted by Gasteiger charge is -2.43. The molecule has 1 saturated heterocycles. The Morgan fingerprint density at radius 1 is 1.29 bits per heavy atom. The van der Waals surface area contributed by atoms with Gasteiger partial charge in [0.25, 0.3) is 0 Å². The van der Waals surface area contributed by atoms with Crippen LogP contribution >= 0.6 is 11.3 Å². The molecule has 2 rings (SSSR count). The summed E-state index contributed by atoms with van der Waals surface area (Å²) in [4.78, 5) is 12.9. The molecule has 0 spiro atoms. The summed E-state index contributed by atoms with van der Waals surface area (Å²) in [6.45, 7) is 10.2. The maximum absolute atomic E-state index is 5.54. The third kappa shape index (κ3) is 4.91. The zero-order chi connectivity index (χ0) is 17.6. The molecule has 6 nitrogen and oxygen atoms in total. The van der Waals surface area contributed by atoms with E-state index >= 15 is 0 Å². The van der Waals surface area contributed by atoms with Crippen LogP contribution in [-0.4, -0.2) is 61.8 Å². The minimum absolute atomic E-state index is 0.128. The highest BCUT2D eigenvalue weighted by molar-refractivity contribution is 7.11. The van der Waals surface area contributed by atoms with E-state index in [2.05, 4.69) is 55.4 Å². The summed E-state index contributed by atoms with van der Waals surface area (Å²) < 4.78 is 5.54. The Hall–Kier alpha value is -1.18. The van der Waals surface area contributed by atoms with Crippen LogP contribution in [0.5, 0.6) is 0 Å². The lowest BCUT2D eigenvalue weighted by atomic mass is 9.88. The zero-order valence-corrected chi connectivity index (χ0v) is 16.4. The van der Waals surface area contributed by atoms with Crippen LogP contribution in [0.25, 0.3) is 0 Å². The van der Waals surface area contributed by atoms with Crippen LogP contribution in [0.4, 0.5) is 0 Å². The molecule has 7 heteroatoms. The first-order valence-corrected chi connectivity index (χ1v) is 9.49. The second-order valence-corrected chi connectivity index (χ2v) is 7.82. The highest BCUT2D eigenvalue weighted by atomic mass is 32.1. The Morgan fingerprint density at radius 2 is 2.00 bits per heavy atom. The van der Waals surface area contributed by atoms with Crippen LogP contribution < -0.4 is 10.6 Å². The van der Waals surface area contributed by atoms with Gasteiger partial charge in [-0.15, -0.1) is 11.3 Å². The fourth-order valence-corrected chi connectivity index (χ4v) is 3.74. The number of nitrogens with one attached hydrogen (secondary N) is 2. The highest BCUT2D eigenvalue weighted by Gasteiger charge is 2.34. The van der Waals surface area contributed by atoms with Gasteiger partial charge in [0.2, 0.25) is 0 Å². The van der Waals surface area contributed by atoms with Gasteiger partial charge in [0, 0.05) is 36.7 Å². The molecular weight excluding hydrogens is 322 g/mol. The Balaban J connectivity index is 2.00. The predicted octanol–water partition coefficient (Wildman–Crippen LogP) is 1.93. The van der Waals surface area contributed by atoms with E-state index in [-0.39, 0.29) is 5.54 Å². The standard InChI is InChI=1S/C17H31N5OS/c1-6-18-16(19-11-15-21-13(2)14(3)24-15)20-12-17(22(4)5)7-9-23-10-8-17/h6-12H2,1-5H3,(H2,18,19,20). The number of aromatic nitrogens is 1. The van der Waals surface area contributed by atoms with Gasteiger partial charge in [-0.25, -0.2) is 9.98 Å². The number of aliphatic imine (C=N–C) groups is 1. The second-order valence-electron chi connectivity index (χ2n) is 6.53. The van der Waals surface area contributed by atoms with Crippen molar-refractivity contribution in [3.8, 4) is 0 Å². The number of guanidine groups is 1. The Kier molecular flexibility index (Phi) is 7.01. The number of ether oxygens (including phenoxy) is 1. The first kappa shape index (κ1) is 19.1. The Bertz CT molecular complexity index is 530. The highest BCUT2D eigenvalue weighted by Crippen LogP contribution is 2.25. The SMILES string of the molecule is CCNC(=NCc1nc(C)c(C)s1)NCC1(N(C)C)CCOCC1. The van der Waals surface area contributed by atoms with Crippen molar-refractivity contribution in [3.63, 3.8) is 0 Å². The van der Waals surface area contributed by atoms with E-state index < -0.39 is 0 Å². The van der Waals surface area contributed by atoms with Crippen molar-refractivity contribution in [1.82, 2.24) is 20.5 Å². The number of likely N-dealkylation sites (N-methyl/N-ethyl adjacent to an activating group) is 1. The molecule has 1 fully saturated rings. The van der Waals surface area contributed by atoms with Gasteiger partial charge in [0.1, 0.15) is 5.01 Å². The molecule has 136 valence electrons.